The van der Waals surface area contributed by atoms with Crippen molar-refractivity contribution in [1.29, 1.82) is 0 Å². The number of carboxylic acids is 1. The van der Waals surface area contributed by atoms with Gasteiger partial charge in [0, 0.05) is 9.61 Å². The number of nitrogens with one attached hydrogen (secondary N) is 1. The second-order valence-corrected chi connectivity index (χ2v) is 6.03. The molecule has 1 fully saturated rings. The van der Waals surface area contributed by atoms with E-state index in [0.29, 0.717) is 0 Å². The number of carbonyl (C=O) groups excluding carboxylic acids is 1. The number of rotatable bonds is 5. The van der Waals surface area contributed by atoms with Gasteiger partial charge in [-0.2, -0.15) is 0 Å². The summed E-state index contributed by atoms with van der Waals surface area (Å²) in [5.74, 6) is -1.04. The zero-order valence-corrected chi connectivity index (χ0v) is 13.1. The van der Waals surface area contributed by atoms with Gasteiger partial charge in [0.05, 0.1) is 0 Å². The molecule has 0 heterocycles. The Bertz CT molecular complexity index is 512. The smallest absolute Gasteiger partial charge is 0.339 e. The molecular weight excluding hydrogens is 373 g/mol. The van der Waals surface area contributed by atoms with Crippen LogP contribution in [-0.2, 0) is 4.79 Å². The molecule has 0 unspecified atom stereocenters. The number of benzene rings is 1. The van der Waals surface area contributed by atoms with E-state index in [4.69, 9.17) is 9.84 Å². The fourth-order valence-corrected chi connectivity index (χ4v) is 2.77. The minimum Gasteiger partial charge on any atom is -0.483 e. The largest absolute Gasteiger partial charge is 0.483 e. The summed E-state index contributed by atoms with van der Waals surface area (Å²) in [7, 11) is 0. The van der Waals surface area contributed by atoms with E-state index in [1.807, 2.05) is 22.6 Å². The number of hydrogen-bond acceptors (Lipinski definition) is 3. The van der Waals surface area contributed by atoms with Crippen molar-refractivity contribution in [3.8, 4) is 5.75 Å². The fourth-order valence-electron chi connectivity index (χ4n) is 2.28. The van der Waals surface area contributed by atoms with Gasteiger partial charge in [0.25, 0.3) is 5.91 Å². The Morgan fingerprint density at radius 2 is 2.05 bits per heavy atom. The third kappa shape index (κ3) is 4.09. The van der Waals surface area contributed by atoms with Crippen molar-refractivity contribution in [3.63, 3.8) is 0 Å². The molecule has 0 bridgehead atoms. The topological polar surface area (TPSA) is 75.6 Å². The van der Waals surface area contributed by atoms with Gasteiger partial charge in [0.2, 0.25) is 0 Å². The SMILES string of the molecule is O=C(COc1ccc(I)cc1C(=O)O)NC1CCCC1. The van der Waals surface area contributed by atoms with E-state index in [1.54, 1.807) is 12.1 Å². The number of halogens is 1. The van der Waals surface area contributed by atoms with Crippen molar-refractivity contribution in [2.75, 3.05) is 6.61 Å². The lowest BCUT2D eigenvalue weighted by Gasteiger charge is -2.13. The van der Waals surface area contributed by atoms with E-state index in [-0.39, 0.29) is 29.9 Å². The van der Waals surface area contributed by atoms with E-state index in [9.17, 15) is 9.59 Å². The highest BCUT2D eigenvalue weighted by molar-refractivity contribution is 14.1. The van der Waals surface area contributed by atoms with Crippen LogP contribution in [0.1, 0.15) is 36.0 Å². The molecule has 108 valence electrons. The first-order valence-corrected chi connectivity index (χ1v) is 7.59. The highest BCUT2D eigenvalue weighted by Crippen LogP contribution is 2.21. The maximum absolute atomic E-state index is 11.7. The number of carbonyl (C=O) groups is 2. The number of aromatic carboxylic acids is 1. The van der Waals surface area contributed by atoms with E-state index in [1.165, 1.54) is 6.07 Å². The summed E-state index contributed by atoms with van der Waals surface area (Å²) in [6, 6.07) is 5.08. The van der Waals surface area contributed by atoms with Crippen LogP contribution in [-0.4, -0.2) is 29.6 Å². The minimum atomic E-state index is -1.06. The average Bonchev–Trinajstić information content (AvgIpc) is 2.90. The van der Waals surface area contributed by atoms with Crippen LogP contribution in [0.4, 0.5) is 0 Å². The highest BCUT2D eigenvalue weighted by Gasteiger charge is 2.18. The Labute approximate surface area is 130 Å². The Morgan fingerprint density at radius 3 is 2.70 bits per heavy atom. The van der Waals surface area contributed by atoms with Crippen LogP contribution in [0.25, 0.3) is 0 Å². The summed E-state index contributed by atoms with van der Waals surface area (Å²) in [5.41, 5.74) is 0.0746. The third-order valence-corrected chi connectivity index (χ3v) is 3.92. The van der Waals surface area contributed by atoms with Crippen LogP contribution in [0.5, 0.6) is 5.75 Å². The predicted molar refractivity (Wildman–Crippen MR) is 82.0 cm³/mol. The zero-order chi connectivity index (χ0) is 14.5. The van der Waals surface area contributed by atoms with Gasteiger partial charge in [-0.25, -0.2) is 4.79 Å². The monoisotopic (exact) mass is 389 g/mol. The molecule has 0 aromatic heterocycles. The Kier molecular flexibility index (Phi) is 5.22. The molecule has 20 heavy (non-hydrogen) atoms. The number of ether oxygens (including phenoxy) is 1. The molecule has 0 aliphatic heterocycles. The average molecular weight is 389 g/mol. The summed E-state index contributed by atoms with van der Waals surface area (Å²) in [6.45, 7) is -0.155. The van der Waals surface area contributed by atoms with Crippen molar-refractivity contribution in [3.05, 3.63) is 27.3 Å². The normalized spacial score (nSPS) is 15.1. The summed E-state index contributed by atoms with van der Waals surface area (Å²) in [5, 5.41) is 12.0. The maximum atomic E-state index is 11.7. The molecule has 1 amide bonds. The number of carboxylic acid groups (broad SMARTS) is 1. The molecule has 1 aliphatic rings. The molecule has 0 radical (unpaired) electrons. The van der Waals surface area contributed by atoms with E-state index in [0.717, 1.165) is 29.3 Å². The predicted octanol–water partition coefficient (Wildman–Crippen LogP) is 2.43. The van der Waals surface area contributed by atoms with Crippen LogP contribution in [0.2, 0.25) is 0 Å². The Balaban J connectivity index is 1.93. The van der Waals surface area contributed by atoms with Gasteiger partial charge in [-0.1, -0.05) is 12.8 Å². The highest BCUT2D eigenvalue weighted by atomic mass is 127. The van der Waals surface area contributed by atoms with Crippen molar-refractivity contribution >= 4 is 34.5 Å². The van der Waals surface area contributed by atoms with E-state index >= 15 is 0 Å². The molecule has 1 aromatic rings. The van der Waals surface area contributed by atoms with Crippen LogP contribution in [0.15, 0.2) is 18.2 Å². The Morgan fingerprint density at radius 1 is 1.35 bits per heavy atom. The Hall–Kier alpha value is -1.31. The minimum absolute atomic E-state index is 0.0746. The zero-order valence-electron chi connectivity index (χ0n) is 10.9. The summed E-state index contributed by atoms with van der Waals surface area (Å²) in [6.07, 6.45) is 4.31. The van der Waals surface area contributed by atoms with Gasteiger partial charge in [-0.05, 0) is 53.6 Å². The molecule has 0 saturated heterocycles. The molecule has 0 spiro atoms. The molecule has 1 aromatic carbocycles. The van der Waals surface area contributed by atoms with E-state index < -0.39 is 5.97 Å². The van der Waals surface area contributed by atoms with Crippen LogP contribution in [0.3, 0.4) is 0 Å². The van der Waals surface area contributed by atoms with Crippen molar-refractivity contribution in [1.82, 2.24) is 5.32 Å². The lowest BCUT2D eigenvalue weighted by molar-refractivity contribution is -0.123. The lowest BCUT2D eigenvalue weighted by Crippen LogP contribution is -2.36. The molecule has 1 aliphatic carbocycles. The molecule has 6 heteroatoms. The standard InChI is InChI=1S/C14H16INO4/c15-9-5-6-12(11(7-9)14(18)19)20-8-13(17)16-10-3-1-2-4-10/h5-7,10H,1-4,8H2,(H,16,17)(H,18,19). The number of hydrogen-bond donors (Lipinski definition) is 2. The van der Waals surface area contributed by atoms with Gasteiger partial charge < -0.3 is 15.2 Å². The van der Waals surface area contributed by atoms with Crippen LogP contribution >= 0.6 is 22.6 Å². The molecular formula is C14H16INO4. The first kappa shape index (κ1) is 15.1. The quantitative estimate of drug-likeness (QED) is 0.759. The van der Waals surface area contributed by atoms with E-state index in [2.05, 4.69) is 5.32 Å². The van der Waals surface area contributed by atoms with Gasteiger partial charge >= 0.3 is 5.97 Å². The third-order valence-electron chi connectivity index (χ3n) is 3.25. The van der Waals surface area contributed by atoms with Gasteiger partial charge in [-0.15, -0.1) is 0 Å². The van der Waals surface area contributed by atoms with Crippen LogP contribution < -0.4 is 10.1 Å². The first-order chi connectivity index (χ1) is 9.56. The van der Waals surface area contributed by atoms with Gasteiger partial charge in [-0.3, -0.25) is 4.79 Å². The lowest BCUT2D eigenvalue weighted by atomic mass is 10.2. The summed E-state index contributed by atoms with van der Waals surface area (Å²) < 4.78 is 6.14. The van der Waals surface area contributed by atoms with Gasteiger partial charge in [0.15, 0.2) is 6.61 Å². The second kappa shape index (κ2) is 6.92. The second-order valence-electron chi connectivity index (χ2n) is 4.78. The first-order valence-electron chi connectivity index (χ1n) is 6.51. The van der Waals surface area contributed by atoms with Crippen LogP contribution in [0, 0.1) is 3.57 Å². The summed E-state index contributed by atoms with van der Waals surface area (Å²) >= 11 is 2.03. The molecule has 1 saturated carbocycles. The number of amides is 1. The van der Waals surface area contributed by atoms with Gasteiger partial charge in [0.1, 0.15) is 11.3 Å². The molecule has 2 rings (SSSR count). The summed E-state index contributed by atoms with van der Waals surface area (Å²) in [4.78, 5) is 22.8. The van der Waals surface area contributed by atoms with Crippen molar-refractivity contribution in [2.24, 2.45) is 0 Å². The molecule has 0 atom stereocenters. The van der Waals surface area contributed by atoms with Crippen molar-refractivity contribution in [2.45, 2.75) is 31.7 Å². The fraction of sp³-hybridized carbons (Fsp3) is 0.429. The molecule has 2 N–H and O–H groups in total. The maximum Gasteiger partial charge on any atom is 0.339 e. The molecule has 5 nitrogen and oxygen atoms in total. The van der Waals surface area contributed by atoms with Crippen molar-refractivity contribution < 1.29 is 19.4 Å².